The number of carbonyl (C=O) groups excluding carboxylic acids is 1. The van der Waals surface area contributed by atoms with E-state index in [4.69, 9.17) is 9.47 Å². The Kier molecular flexibility index (Phi) is 7.08. The van der Waals surface area contributed by atoms with Crippen LogP contribution in [0.4, 0.5) is 11.5 Å². The number of thioether (sulfide) groups is 1. The van der Waals surface area contributed by atoms with E-state index in [-0.39, 0.29) is 6.61 Å². The lowest BCUT2D eigenvalue weighted by Crippen LogP contribution is -2.18. The van der Waals surface area contributed by atoms with Gasteiger partial charge in [-0.05, 0) is 55.5 Å². The van der Waals surface area contributed by atoms with Crippen molar-refractivity contribution < 1.29 is 14.3 Å². The van der Waals surface area contributed by atoms with Crippen LogP contribution in [0, 0.1) is 6.92 Å². The lowest BCUT2D eigenvalue weighted by Gasteiger charge is -2.11. The number of aryl methyl sites for hydroxylation is 2. The Bertz CT molecular complexity index is 977. The average Bonchev–Trinajstić information content (AvgIpc) is 2.73. The zero-order chi connectivity index (χ0) is 20.6. The fourth-order valence-corrected chi connectivity index (χ4v) is 3.11. The number of anilines is 2. The highest BCUT2D eigenvalue weighted by Gasteiger charge is 2.09. The van der Waals surface area contributed by atoms with Crippen molar-refractivity contribution in [3.8, 4) is 11.5 Å². The molecule has 0 bridgehead atoms. The number of aromatic nitrogens is 2. The third kappa shape index (κ3) is 5.96. The number of nitrogens with zero attached hydrogens (tertiary/aromatic N) is 2. The average molecular weight is 410 g/mol. The van der Waals surface area contributed by atoms with Crippen molar-refractivity contribution in [1.29, 1.82) is 0 Å². The first kappa shape index (κ1) is 20.7. The number of hydrogen-bond acceptors (Lipinski definition) is 7. The Morgan fingerprint density at radius 3 is 2.59 bits per heavy atom. The molecule has 0 saturated heterocycles. The highest BCUT2D eigenvalue weighted by molar-refractivity contribution is 7.98. The Morgan fingerprint density at radius 2 is 1.86 bits per heavy atom. The molecule has 6 nitrogen and oxygen atoms in total. The summed E-state index contributed by atoms with van der Waals surface area (Å²) in [6.07, 6.45) is 2.77. The summed E-state index contributed by atoms with van der Waals surface area (Å²) in [5, 5.41) is 3.94. The molecule has 0 aliphatic heterocycles. The Hall–Kier alpha value is -3.06. The second kappa shape index (κ2) is 9.93. The summed E-state index contributed by atoms with van der Waals surface area (Å²) in [7, 11) is 0. The van der Waals surface area contributed by atoms with Crippen molar-refractivity contribution in [2.75, 3.05) is 18.2 Å². The number of para-hydroxylation sites is 1. The summed E-state index contributed by atoms with van der Waals surface area (Å²) in [5.41, 5.74) is 2.78. The zero-order valence-corrected chi connectivity index (χ0v) is 17.5. The third-order valence-electron chi connectivity index (χ3n) is 4.07. The highest BCUT2D eigenvalue weighted by Crippen LogP contribution is 2.22. The van der Waals surface area contributed by atoms with Gasteiger partial charge in [-0.1, -0.05) is 36.9 Å². The fraction of sp³-hybridized carbons (Fsp3) is 0.227. The first-order chi connectivity index (χ1) is 14.1. The van der Waals surface area contributed by atoms with Gasteiger partial charge in [0.1, 0.15) is 17.3 Å². The van der Waals surface area contributed by atoms with E-state index in [9.17, 15) is 4.79 Å². The molecule has 0 radical (unpaired) electrons. The zero-order valence-electron chi connectivity index (χ0n) is 16.6. The molecule has 29 heavy (non-hydrogen) atoms. The molecule has 2 aromatic carbocycles. The van der Waals surface area contributed by atoms with Crippen LogP contribution in [-0.4, -0.2) is 28.8 Å². The molecular weight excluding hydrogens is 386 g/mol. The van der Waals surface area contributed by atoms with Gasteiger partial charge in [-0.2, -0.15) is 0 Å². The van der Waals surface area contributed by atoms with E-state index in [1.807, 2.05) is 62.6 Å². The molecule has 0 atom stereocenters. The van der Waals surface area contributed by atoms with Crippen molar-refractivity contribution in [1.82, 2.24) is 9.97 Å². The predicted octanol–water partition coefficient (Wildman–Crippen LogP) is 4.80. The van der Waals surface area contributed by atoms with Crippen LogP contribution >= 0.6 is 11.8 Å². The first-order valence-electron chi connectivity index (χ1n) is 9.25. The van der Waals surface area contributed by atoms with Crippen molar-refractivity contribution in [3.05, 3.63) is 65.9 Å². The number of nitrogens with one attached hydrogen (secondary N) is 1. The molecule has 1 heterocycles. The van der Waals surface area contributed by atoms with Gasteiger partial charge in [0, 0.05) is 17.4 Å². The van der Waals surface area contributed by atoms with E-state index in [2.05, 4.69) is 15.3 Å². The minimum atomic E-state index is -0.451. The molecule has 0 amide bonds. The smallest absolute Gasteiger partial charge is 0.349 e. The maximum absolute atomic E-state index is 12.1. The van der Waals surface area contributed by atoms with Crippen molar-refractivity contribution >= 4 is 29.2 Å². The maximum atomic E-state index is 12.1. The molecule has 0 spiro atoms. The molecule has 3 aromatic rings. The number of carbonyl (C=O) groups is 1. The number of benzene rings is 2. The molecule has 1 aromatic heterocycles. The molecule has 150 valence electrons. The molecule has 0 aliphatic rings. The lowest BCUT2D eigenvalue weighted by atomic mass is 10.1. The van der Waals surface area contributed by atoms with Crippen LogP contribution < -0.4 is 14.8 Å². The van der Waals surface area contributed by atoms with Crippen molar-refractivity contribution in [2.45, 2.75) is 25.4 Å². The summed E-state index contributed by atoms with van der Waals surface area (Å²) in [6, 6.07) is 16.6. The maximum Gasteiger partial charge on any atom is 0.349 e. The van der Waals surface area contributed by atoms with Gasteiger partial charge >= 0.3 is 5.97 Å². The molecule has 0 fully saturated rings. The summed E-state index contributed by atoms with van der Waals surface area (Å²) >= 11 is 1.49. The molecule has 0 unspecified atom stereocenters. The number of ether oxygens (including phenoxy) is 2. The van der Waals surface area contributed by atoms with Gasteiger partial charge in [0.15, 0.2) is 11.8 Å². The molecule has 0 saturated carbocycles. The normalized spacial score (nSPS) is 10.4. The van der Waals surface area contributed by atoms with Crippen molar-refractivity contribution in [2.24, 2.45) is 0 Å². The summed E-state index contributed by atoms with van der Waals surface area (Å²) < 4.78 is 10.9. The van der Waals surface area contributed by atoms with Crippen LogP contribution in [0.15, 0.2) is 59.8 Å². The Morgan fingerprint density at radius 1 is 1.10 bits per heavy atom. The Balaban J connectivity index is 1.56. The van der Waals surface area contributed by atoms with Crippen molar-refractivity contribution in [3.63, 3.8) is 0 Å². The van der Waals surface area contributed by atoms with Gasteiger partial charge in [-0.25, -0.2) is 14.8 Å². The summed E-state index contributed by atoms with van der Waals surface area (Å²) in [4.78, 5) is 20.8. The van der Waals surface area contributed by atoms with Gasteiger partial charge < -0.3 is 14.8 Å². The second-order valence-corrected chi connectivity index (χ2v) is 7.03. The fourth-order valence-electron chi connectivity index (χ4n) is 2.69. The molecule has 1 N–H and O–H groups in total. The van der Waals surface area contributed by atoms with Crippen LogP contribution in [0.3, 0.4) is 0 Å². The van der Waals surface area contributed by atoms with Crippen LogP contribution in [0.2, 0.25) is 0 Å². The molecular formula is C22H23N3O3S. The van der Waals surface area contributed by atoms with Gasteiger partial charge in [-0.3, -0.25) is 0 Å². The lowest BCUT2D eigenvalue weighted by molar-refractivity contribution is -0.136. The largest absolute Gasteiger partial charge is 0.482 e. The van der Waals surface area contributed by atoms with Gasteiger partial charge in [-0.15, -0.1) is 0 Å². The van der Waals surface area contributed by atoms with E-state index in [0.717, 1.165) is 29.2 Å². The van der Waals surface area contributed by atoms with Gasteiger partial charge in [0.2, 0.25) is 0 Å². The third-order valence-corrected chi connectivity index (χ3v) is 4.62. The summed E-state index contributed by atoms with van der Waals surface area (Å²) in [6.45, 7) is 3.82. The Labute approximate surface area is 174 Å². The van der Waals surface area contributed by atoms with E-state index in [1.54, 1.807) is 12.1 Å². The number of hydrogen-bond donors (Lipinski definition) is 1. The second-order valence-electron chi connectivity index (χ2n) is 6.25. The first-order valence-corrected chi connectivity index (χ1v) is 10.5. The predicted molar refractivity (Wildman–Crippen MR) is 115 cm³/mol. The topological polar surface area (TPSA) is 73.3 Å². The molecule has 3 rings (SSSR count). The van der Waals surface area contributed by atoms with Crippen LogP contribution in [0.1, 0.15) is 18.2 Å². The quantitative estimate of drug-likeness (QED) is 0.248. The van der Waals surface area contributed by atoms with Crippen LogP contribution in [-0.2, 0) is 11.2 Å². The standard InChI is InChI=1S/C22H23N3O3S/c1-4-16-7-5-6-8-19(16)27-14-21(26)28-18-11-9-17(10-12-18)24-20-13-15(2)23-22(25-20)29-3/h5-13H,4,14H2,1-3H3,(H,23,24,25). The molecule has 0 aliphatic carbocycles. The SMILES string of the molecule is CCc1ccccc1OCC(=O)Oc1ccc(Nc2cc(C)nc(SC)n2)cc1. The van der Waals surface area contributed by atoms with E-state index < -0.39 is 5.97 Å². The monoisotopic (exact) mass is 409 g/mol. The number of rotatable bonds is 8. The van der Waals surface area contributed by atoms with Gasteiger partial charge in [0.05, 0.1) is 0 Å². The van der Waals surface area contributed by atoms with E-state index in [1.165, 1.54) is 11.8 Å². The minimum absolute atomic E-state index is 0.144. The van der Waals surface area contributed by atoms with Gasteiger partial charge in [0.25, 0.3) is 0 Å². The highest BCUT2D eigenvalue weighted by atomic mass is 32.2. The van der Waals surface area contributed by atoms with Crippen LogP contribution in [0.5, 0.6) is 11.5 Å². The minimum Gasteiger partial charge on any atom is -0.482 e. The van der Waals surface area contributed by atoms with Crippen LogP contribution in [0.25, 0.3) is 0 Å². The van der Waals surface area contributed by atoms with E-state index >= 15 is 0 Å². The van der Waals surface area contributed by atoms with E-state index in [0.29, 0.717) is 16.7 Å². The molecule has 7 heteroatoms. The summed E-state index contributed by atoms with van der Waals surface area (Å²) in [5.74, 6) is 1.43. The number of esters is 1.